The largest absolute Gasteiger partial charge is 0.313 e. The number of anilines is 1. The fraction of sp³-hybridized carbons (Fsp3) is 0.500. The van der Waals surface area contributed by atoms with Gasteiger partial charge in [-0.1, -0.05) is 32.0 Å². The Balaban J connectivity index is 1.88. The number of hydrogen-bond donors (Lipinski definition) is 1. The molecule has 90 valence electrons. The molecule has 1 amide bonds. The molecule has 1 heterocycles. The summed E-state index contributed by atoms with van der Waals surface area (Å²) in [6.45, 7) is 4.47. The van der Waals surface area contributed by atoms with Crippen LogP contribution in [0.4, 0.5) is 5.69 Å². The van der Waals surface area contributed by atoms with Crippen LogP contribution in [0.15, 0.2) is 24.3 Å². The third-order valence-corrected chi connectivity index (χ3v) is 4.07. The van der Waals surface area contributed by atoms with Crippen molar-refractivity contribution in [2.45, 2.75) is 32.4 Å². The second-order valence-electron chi connectivity index (χ2n) is 5.80. The maximum Gasteiger partial charge on any atom is 0.248 e. The molecule has 0 aromatic heterocycles. The van der Waals surface area contributed by atoms with Gasteiger partial charge in [0.25, 0.3) is 0 Å². The van der Waals surface area contributed by atoms with Crippen LogP contribution >= 0.6 is 0 Å². The van der Waals surface area contributed by atoms with Crippen LogP contribution in [0.1, 0.15) is 31.9 Å². The van der Waals surface area contributed by atoms with Crippen LogP contribution in [-0.2, 0) is 4.79 Å². The first-order valence-corrected chi connectivity index (χ1v) is 6.13. The van der Waals surface area contributed by atoms with Gasteiger partial charge >= 0.3 is 0 Å². The molecule has 2 aliphatic rings. The minimum absolute atomic E-state index is 0.150. The Labute approximate surface area is 102 Å². The van der Waals surface area contributed by atoms with Gasteiger partial charge in [-0.3, -0.25) is 10.1 Å². The molecule has 17 heavy (non-hydrogen) atoms. The molecule has 3 heteroatoms. The number of rotatable bonds is 2. The number of fused-ring (bicyclic) bond motifs is 1. The number of likely N-dealkylation sites (N-methyl/N-ethyl adjacent to an activating group) is 1. The van der Waals surface area contributed by atoms with E-state index in [-0.39, 0.29) is 11.9 Å². The maximum atomic E-state index is 12.2. The molecule has 2 atom stereocenters. The SMILES string of the molecule is CN1C(=O)C(NC2CC2(C)C)c2ccccc21. The van der Waals surface area contributed by atoms with Gasteiger partial charge in [0, 0.05) is 24.3 Å². The van der Waals surface area contributed by atoms with Crippen molar-refractivity contribution in [3.05, 3.63) is 29.8 Å². The van der Waals surface area contributed by atoms with E-state index in [1.165, 1.54) is 0 Å². The van der Waals surface area contributed by atoms with E-state index in [1.807, 2.05) is 31.3 Å². The Morgan fingerprint density at radius 2 is 2.00 bits per heavy atom. The molecule has 0 bridgehead atoms. The van der Waals surface area contributed by atoms with Gasteiger partial charge in [0.2, 0.25) is 5.91 Å². The van der Waals surface area contributed by atoms with E-state index in [0.717, 1.165) is 17.7 Å². The number of amides is 1. The smallest absolute Gasteiger partial charge is 0.248 e. The standard InChI is InChI=1S/C14H18N2O/c1-14(2)8-11(14)15-12-9-6-4-5-7-10(9)16(3)13(12)17/h4-7,11-12,15H,8H2,1-3H3. The molecule has 1 aromatic rings. The predicted molar refractivity (Wildman–Crippen MR) is 67.9 cm³/mol. The van der Waals surface area contributed by atoms with Crippen LogP contribution in [0.5, 0.6) is 0 Å². The average molecular weight is 230 g/mol. The highest BCUT2D eigenvalue weighted by Gasteiger charge is 2.49. The van der Waals surface area contributed by atoms with Crippen LogP contribution in [0.2, 0.25) is 0 Å². The summed E-state index contributed by atoms with van der Waals surface area (Å²) in [4.78, 5) is 14.0. The van der Waals surface area contributed by atoms with Crippen LogP contribution in [0.25, 0.3) is 0 Å². The summed E-state index contributed by atoms with van der Waals surface area (Å²) >= 11 is 0. The molecule has 3 nitrogen and oxygen atoms in total. The third kappa shape index (κ3) is 1.57. The highest BCUT2D eigenvalue weighted by Crippen LogP contribution is 2.47. The third-order valence-electron chi connectivity index (χ3n) is 4.07. The fourth-order valence-electron chi connectivity index (χ4n) is 2.60. The summed E-state index contributed by atoms with van der Waals surface area (Å²) < 4.78 is 0. The van der Waals surface area contributed by atoms with Crippen molar-refractivity contribution in [1.29, 1.82) is 0 Å². The van der Waals surface area contributed by atoms with Gasteiger partial charge < -0.3 is 4.90 Å². The van der Waals surface area contributed by atoms with Crippen molar-refractivity contribution in [3.63, 3.8) is 0 Å². The van der Waals surface area contributed by atoms with E-state index in [1.54, 1.807) is 4.90 Å². The predicted octanol–water partition coefficient (Wildman–Crippen LogP) is 2.09. The first-order chi connectivity index (χ1) is 8.00. The van der Waals surface area contributed by atoms with E-state index in [0.29, 0.717) is 11.5 Å². The summed E-state index contributed by atoms with van der Waals surface area (Å²) in [5.74, 6) is 0.161. The molecule has 2 unspecified atom stereocenters. The second-order valence-corrected chi connectivity index (χ2v) is 5.80. The molecular weight excluding hydrogens is 212 g/mol. The molecule has 3 rings (SSSR count). The van der Waals surface area contributed by atoms with Crippen LogP contribution in [0.3, 0.4) is 0 Å². The van der Waals surface area contributed by atoms with Crippen LogP contribution < -0.4 is 10.2 Å². The number of nitrogens with one attached hydrogen (secondary N) is 1. The topological polar surface area (TPSA) is 32.3 Å². The van der Waals surface area contributed by atoms with Crippen molar-refractivity contribution in [2.75, 3.05) is 11.9 Å². The maximum absolute atomic E-state index is 12.2. The summed E-state index contributed by atoms with van der Waals surface area (Å²) in [6.07, 6.45) is 1.16. The van der Waals surface area contributed by atoms with Gasteiger partial charge in [0.05, 0.1) is 0 Å². The molecule has 1 aliphatic heterocycles. The van der Waals surface area contributed by atoms with Gasteiger partial charge in [-0.2, -0.15) is 0 Å². The Morgan fingerprint density at radius 3 is 2.65 bits per heavy atom. The zero-order chi connectivity index (χ0) is 12.2. The molecular formula is C14H18N2O. The number of hydrogen-bond acceptors (Lipinski definition) is 2. The Kier molecular flexibility index (Phi) is 2.11. The zero-order valence-corrected chi connectivity index (χ0v) is 10.5. The van der Waals surface area contributed by atoms with Gasteiger partial charge in [-0.05, 0) is 17.9 Å². The molecule has 1 aliphatic carbocycles. The van der Waals surface area contributed by atoms with E-state index in [4.69, 9.17) is 0 Å². The average Bonchev–Trinajstić information content (AvgIpc) is 2.84. The fourth-order valence-corrected chi connectivity index (χ4v) is 2.60. The Morgan fingerprint density at radius 1 is 1.35 bits per heavy atom. The quantitative estimate of drug-likeness (QED) is 0.843. The van der Waals surface area contributed by atoms with Crippen molar-refractivity contribution < 1.29 is 4.79 Å². The normalized spacial score (nSPS) is 29.4. The minimum atomic E-state index is -0.150. The summed E-state index contributed by atoms with van der Waals surface area (Å²) in [5, 5.41) is 3.49. The molecule has 0 radical (unpaired) electrons. The number of benzene rings is 1. The molecule has 1 fully saturated rings. The summed E-state index contributed by atoms with van der Waals surface area (Å²) in [6, 6.07) is 8.35. The number of para-hydroxylation sites is 1. The van der Waals surface area contributed by atoms with E-state index >= 15 is 0 Å². The summed E-state index contributed by atoms with van der Waals surface area (Å²) in [5.41, 5.74) is 2.49. The van der Waals surface area contributed by atoms with Crippen LogP contribution in [0, 0.1) is 5.41 Å². The lowest BCUT2D eigenvalue weighted by Crippen LogP contribution is -2.34. The van der Waals surface area contributed by atoms with E-state index < -0.39 is 0 Å². The highest BCUT2D eigenvalue weighted by atomic mass is 16.2. The second kappa shape index (κ2) is 3.33. The van der Waals surface area contributed by atoms with Crippen LogP contribution in [-0.4, -0.2) is 19.0 Å². The van der Waals surface area contributed by atoms with Gasteiger partial charge in [0.15, 0.2) is 0 Å². The Hall–Kier alpha value is -1.35. The van der Waals surface area contributed by atoms with Crippen molar-refractivity contribution in [2.24, 2.45) is 5.41 Å². The lowest BCUT2D eigenvalue weighted by atomic mass is 10.1. The van der Waals surface area contributed by atoms with Crippen molar-refractivity contribution in [1.82, 2.24) is 5.32 Å². The number of carbonyl (C=O) groups excluding carboxylic acids is 1. The highest BCUT2D eigenvalue weighted by molar-refractivity contribution is 6.04. The number of carbonyl (C=O) groups is 1. The van der Waals surface area contributed by atoms with Gasteiger partial charge in [-0.25, -0.2) is 0 Å². The molecule has 1 N–H and O–H groups in total. The monoisotopic (exact) mass is 230 g/mol. The molecule has 1 saturated carbocycles. The number of nitrogens with zero attached hydrogens (tertiary/aromatic N) is 1. The van der Waals surface area contributed by atoms with Gasteiger partial charge in [-0.15, -0.1) is 0 Å². The molecule has 0 spiro atoms. The first-order valence-electron chi connectivity index (χ1n) is 6.13. The van der Waals surface area contributed by atoms with Gasteiger partial charge in [0.1, 0.15) is 6.04 Å². The lowest BCUT2D eigenvalue weighted by Gasteiger charge is -2.14. The van der Waals surface area contributed by atoms with Crippen molar-refractivity contribution >= 4 is 11.6 Å². The van der Waals surface area contributed by atoms with E-state index in [9.17, 15) is 4.79 Å². The van der Waals surface area contributed by atoms with Crippen molar-refractivity contribution in [3.8, 4) is 0 Å². The first kappa shape index (κ1) is 10.8. The lowest BCUT2D eigenvalue weighted by molar-refractivity contribution is -0.119. The van der Waals surface area contributed by atoms with E-state index in [2.05, 4.69) is 19.2 Å². The molecule has 1 aromatic carbocycles. The summed E-state index contributed by atoms with van der Waals surface area (Å²) in [7, 11) is 1.85. The Bertz CT molecular complexity index is 481. The molecule has 0 saturated heterocycles. The minimum Gasteiger partial charge on any atom is -0.313 e. The zero-order valence-electron chi connectivity index (χ0n) is 10.5.